The van der Waals surface area contributed by atoms with E-state index in [9.17, 15) is 9.59 Å². The van der Waals surface area contributed by atoms with Crippen LogP contribution in [-0.4, -0.2) is 21.8 Å². The summed E-state index contributed by atoms with van der Waals surface area (Å²) in [7, 11) is 0. The molecule has 0 bridgehead atoms. The Labute approximate surface area is 182 Å². The van der Waals surface area contributed by atoms with Crippen LogP contribution in [0.2, 0.25) is 0 Å². The van der Waals surface area contributed by atoms with Gasteiger partial charge in [-0.15, -0.1) is 23.1 Å². The Balaban J connectivity index is 1.27. The highest BCUT2D eigenvalue weighted by Crippen LogP contribution is 2.24. The summed E-state index contributed by atoms with van der Waals surface area (Å²) in [5.74, 6) is 0.160. The zero-order chi connectivity index (χ0) is 20.9. The molecule has 0 aliphatic carbocycles. The molecule has 4 aromatic rings. The Kier molecular flexibility index (Phi) is 6.15. The Morgan fingerprint density at radius 3 is 2.67 bits per heavy atom. The van der Waals surface area contributed by atoms with Crippen LogP contribution in [0.25, 0.3) is 10.9 Å². The first-order valence-electron chi connectivity index (χ1n) is 9.36. The number of hydrogen-bond donors (Lipinski definition) is 3. The lowest BCUT2D eigenvalue weighted by molar-refractivity contribution is -0.121. The lowest BCUT2D eigenvalue weighted by atomic mass is 10.1. The van der Waals surface area contributed by atoms with Gasteiger partial charge < -0.3 is 4.98 Å². The van der Waals surface area contributed by atoms with E-state index in [0.717, 1.165) is 37.8 Å². The molecular formula is C22H20N4O2S2. The minimum absolute atomic E-state index is 0.177. The molecule has 0 aliphatic heterocycles. The van der Waals surface area contributed by atoms with Crippen LogP contribution < -0.4 is 10.9 Å². The van der Waals surface area contributed by atoms with Crippen LogP contribution in [0.3, 0.4) is 0 Å². The molecule has 2 aromatic carbocycles. The average Bonchev–Trinajstić information content (AvgIpc) is 3.37. The van der Waals surface area contributed by atoms with E-state index in [0.29, 0.717) is 5.56 Å². The number of nitrogens with zero attached hydrogens (tertiary/aromatic N) is 1. The summed E-state index contributed by atoms with van der Waals surface area (Å²) in [5, 5.41) is 4.12. The number of aromatic nitrogens is 2. The lowest BCUT2D eigenvalue weighted by Gasteiger charge is -2.08. The van der Waals surface area contributed by atoms with E-state index >= 15 is 0 Å². The number of rotatable bonds is 6. The SMILES string of the molecule is Cc1nc(CSc2ccc(C(=O)NNC(=O)Cc3c[nH]c4ccccc34)cc2)cs1. The largest absolute Gasteiger partial charge is 0.361 e. The molecule has 4 rings (SSSR count). The fraction of sp³-hybridized carbons (Fsp3) is 0.136. The summed E-state index contributed by atoms with van der Waals surface area (Å²) in [6, 6.07) is 15.1. The normalized spacial score (nSPS) is 10.8. The number of hydrogen-bond acceptors (Lipinski definition) is 5. The van der Waals surface area contributed by atoms with Gasteiger partial charge in [0.05, 0.1) is 17.1 Å². The van der Waals surface area contributed by atoms with Gasteiger partial charge in [0.15, 0.2) is 0 Å². The maximum Gasteiger partial charge on any atom is 0.269 e. The van der Waals surface area contributed by atoms with Crippen molar-refractivity contribution in [1.82, 2.24) is 20.8 Å². The van der Waals surface area contributed by atoms with Crippen molar-refractivity contribution in [2.24, 2.45) is 0 Å². The Morgan fingerprint density at radius 2 is 1.90 bits per heavy atom. The molecule has 0 spiro atoms. The first kappa shape index (κ1) is 20.2. The van der Waals surface area contributed by atoms with E-state index in [1.54, 1.807) is 35.2 Å². The molecule has 6 nitrogen and oxygen atoms in total. The number of thiazole rings is 1. The molecule has 2 aromatic heterocycles. The highest BCUT2D eigenvalue weighted by molar-refractivity contribution is 7.98. The minimum atomic E-state index is -0.353. The van der Waals surface area contributed by atoms with Crippen molar-refractivity contribution < 1.29 is 9.59 Å². The zero-order valence-electron chi connectivity index (χ0n) is 16.3. The minimum Gasteiger partial charge on any atom is -0.361 e. The number of carbonyl (C=O) groups excluding carboxylic acids is 2. The van der Waals surface area contributed by atoms with Gasteiger partial charge in [-0.1, -0.05) is 18.2 Å². The fourth-order valence-corrected chi connectivity index (χ4v) is 4.54. The summed E-state index contributed by atoms with van der Waals surface area (Å²) in [6.45, 7) is 1.99. The Hall–Kier alpha value is -3.10. The van der Waals surface area contributed by atoms with Gasteiger partial charge in [-0.3, -0.25) is 20.4 Å². The van der Waals surface area contributed by atoms with Crippen LogP contribution >= 0.6 is 23.1 Å². The van der Waals surface area contributed by atoms with Crippen molar-refractivity contribution in [1.29, 1.82) is 0 Å². The summed E-state index contributed by atoms with van der Waals surface area (Å²) < 4.78 is 0. The van der Waals surface area contributed by atoms with Gasteiger partial charge in [0, 0.05) is 38.7 Å². The molecule has 0 saturated heterocycles. The number of benzene rings is 2. The average molecular weight is 437 g/mol. The zero-order valence-corrected chi connectivity index (χ0v) is 17.9. The van der Waals surface area contributed by atoms with E-state index in [4.69, 9.17) is 0 Å². The number of carbonyl (C=O) groups is 2. The van der Waals surface area contributed by atoms with Crippen LogP contribution in [0, 0.1) is 6.92 Å². The molecule has 0 saturated carbocycles. The fourth-order valence-electron chi connectivity index (χ4n) is 3.03. The number of hydrazine groups is 1. The van der Waals surface area contributed by atoms with Gasteiger partial charge in [-0.05, 0) is 42.8 Å². The third-order valence-electron chi connectivity index (χ3n) is 4.51. The predicted molar refractivity (Wildman–Crippen MR) is 120 cm³/mol. The maximum atomic E-state index is 12.3. The molecule has 0 unspecified atom stereocenters. The summed E-state index contributed by atoms with van der Waals surface area (Å²) >= 11 is 3.31. The van der Waals surface area contributed by atoms with Crippen LogP contribution in [0.1, 0.15) is 26.6 Å². The third-order valence-corrected chi connectivity index (χ3v) is 6.38. The number of aromatic amines is 1. The van der Waals surface area contributed by atoms with E-state index in [1.807, 2.05) is 49.5 Å². The molecule has 3 N–H and O–H groups in total. The van der Waals surface area contributed by atoms with Crippen LogP contribution in [-0.2, 0) is 17.0 Å². The summed E-state index contributed by atoms with van der Waals surface area (Å²) in [5.41, 5.74) is 8.36. The standard InChI is InChI=1S/C22H20N4O2S2/c1-14-24-17(12-29-14)13-30-18-8-6-15(7-9-18)22(28)26-25-21(27)10-16-11-23-20-5-3-2-4-19(16)20/h2-9,11-12,23H,10,13H2,1H3,(H,25,27)(H,26,28). The van der Waals surface area contributed by atoms with E-state index in [-0.39, 0.29) is 18.2 Å². The number of fused-ring (bicyclic) bond motifs is 1. The second-order valence-corrected chi connectivity index (χ2v) is 8.82. The van der Waals surface area contributed by atoms with E-state index < -0.39 is 0 Å². The van der Waals surface area contributed by atoms with Crippen molar-refractivity contribution in [3.05, 3.63) is 81.9 Å². The van der Waals surface area contributed by atoms with Crippen LogP contribution in [0.15, 0.2) is 65.0 Å². The van der Waals surface area contributed by atoms with Gasteiger partial charge >= 0.3 is 0 Å². The monoisotopic (exact) mass is 436 g/mol. The molecule has 0 fully saturated rings. The van der Waals surface area contributed by atoms with Crippen LogP contribution in [0.5, 0.6) is 0 Å². The molecule has 152 valence electrons. The third kappa shape index (κ3) is 4.90. The van der Waals surface area contributed by atoms with E-state index in [2.05, 4.69) is 26.2 Å². The number of nitrogens with one attached hydrogen (secondary N) is 3. The number of thioether (sulfide) groups is 1. The quantitative estimate of drug-likeness (QED) is 0.312. The molecule has 8 heteroatoms. The van der Waals surface area contributed by atoms with Crippen molar-refractivity contribution in [2.45, 2.75) is 24.0 Å². The number of para-hydroxylation sites is 1. The number of H-pyrrole nitrogens is 1. The second kappa shape index (κ2) is 9.15. The summed E-state index contributed by atoms with van der Waals surface area (Å²) in [4.78, 5) is 33.2. The molecule has 0 atom stereocenters. The van der Waals surface area contributed by atoms with Gasteiger partial charge in [0.1, 0.15) is 0 Å². The number of aryl methyl sites for hydroxylation is 1. The molecule has 0 radical (unpaired) electrons. The Morgan fingerprint density at radius 1 is 1.10 bits per heavy atom. The van der Waals surface area contributed by atoms with Crippen molar-refractivity contribution in [3.63, 3.8) is 0 Å². The predicted octanol–water partition coefficient (Wildman–Crippen LogP) is 4.23. The Bertz CT molecular complexity index is 1180. The topological polar surface area (TPSA) is 86.9 Å². The van der Waals surface area contributed by atoms with Gasteiger partial charge in [-0.2, -0.15) is 0 Å². The second-order valence-electron chi connectivity index (χ2n) is 6.71. The van der Waals surface area contributed by atoms with Gasteiger partial charge in [0.25, 0.3) is 5.91 Å². The smallest absolute Gasteiger partial charge is 0.269 e. The van der Waals surface area contributed by atoms with Crippen molar-refractivity contribution in [3.8, 4) is 0 Å². The van der Waals surface area contributed by atoms with Crippen LogP contribution in [0.4, 0.5) is 0 Å². The van der Waals surface area contributed by atoms with E-state index in [1.165, 1.54) is 0 Å². The first-order valence-corrected chi connectivity index (χ1v) is 11.2. The maximum absolute atomic E-state index is 12.3. The lowest BCUT2D eigenvalue weighted by Crippen LogP contribution is -2.42. The number of amides is 2. The van der Waals surface area contributed by atoms with Gasteiger partial charge in [0.2, 0.25) is 5.91 Å². The highest BCUT2D eigenvalue weighted by Gasteiger charge is 2.11. The highest BCUT2D eigenvalue weighted by atomic mass is 32.2. The molecule has 0 aliphatic rings. The first-order chi connectivity index (χ1) is 14.6. The summed E-state index contributed by atoms with van der Waals surface area (Å²) in [6.07, 6.45) is 1.99. The van der Waals surface area contributed by atoms with Crippen molar-refractivity contribution >= 4 is 45.8 Å². The molecule has 2 amide bonds. The molecular weight excluding hydrogens is 416 g/mol. The van der Waals surface area contributed by atoms with Gasteiger partial charge in [-0.25, -0.2) is 4.98 Å². The molecule has 30 heavy (non-hydrogen) atoms. The van der Waals surface area contributed by atoms with Crippen molar-refractivity contribution in [2.75, 3.05) is 0 Å². The molecule has 2 heterocycles.